The predicted molar refractivity (Wildman–Crippen MR) is 95.6 cm³/mol. The Morgan fingerprint density at radius 1 is 1.20 bits per heavy atom. The van der Waals surface area contributed by atoms with Crippen LogP contribution in [-0.2, 0) is 11.2 Å². The van der Waals surface area contributed by atoms with Crippen molar-refractivity contribution in [3.8, 4) is 11.5 Å². The number of benzene rings is 2. The third kappa shape index (κ3) is 3.65. The number of rotatable bonds is 5. The number of nitrogens with zero attached hydrogens (tertiary/aromatic N) is 1. The second kappa shape index (κ2) is 7.38. The number of fused-ring (bicyclic) bond motifs is 1. The molecule has 0 fully saturated rings. The number of Topliss-reactive ketones (excluding diaryl/α,β-unsaturated/α-hetero) is 1. The summed E-state index contributed by atoms with van der Waals surface area (Å²) in [6, 6.07) is 12.9. The summed E-state index contributed by atoms with van der Waals surface area (Å²) in [4.78, 5) is 26.1. The van der Waals surface area contributed by atoms with E-state index in [2.05, 4.69) is 0 Å². The van der Waals surface area contributed by atoms with Gasteiger partial charge < -0.3 is 14.4 Å². The van der Waals surface area contributed by atoms with Gasteiger partial charge in [0.05, 0.1) is 19.3 Å². The Morgan fingerprint density at radius 2 is 2.00 bits per heavy atom. The lowest BCUT2D eigenvalue weighted by atomic mass is 10.1. The molecule has 5 heteroatoms. The van der Waals surface area contributed by atoms with Gasteiger partial charge in [-0.05, 0) is 43.2 Å². The van der Waals surface area contributed by atoms with Gasteiger partial charge in [-0.25, -0.2) is 0 Å². The average molecular weight is 339 g/mol. The summed E-state index contributed by atoms with van der Waals surface area (Å²) in [7, 11) is 1.63. The van der Waals surface area contributed by atoms with Crippen LogP contribution < -0.4 is 14.4 Å². The fraction of sp³-hybridized carbons (Fsp3) is 0.300. The highest BCUT2D eigenvalue weighted by atomic mass is 16.5. The maximum absolute atomic E-state index is 12.8. The second-order valence-electron chi connectivity index (χ2n) is 5.94. The molecule has 0 saturated carbocycles. The average Bonchev–Trinajstić information content (AvgIpc) is 2.65. The van der Waals surface area contributed by atoms with Gasteiger partial charge in [0.15, 0.2) is 5.78 Å². The zero-order valence-electron chi connectivity index (χ0n) is 14.5. The number of carbonyl (C=O) groups excluding carboxylic acids is 2. The SMILES string of the molecule is COc1ccccc1CCC(=O)N1CCOc2ccc(C(C)=O)cc21. The lowest BCUT2D eigenvalue weighted by molar-refractivity contribution is -0.118. The van der Waals surface area contributed by atoms with E-state index < -0.39 is 0 Å². The fourth-order valence-electron chi connectivity index (χ4n) is 2.98. The summed E-state index contributed by atoms with van der Waals surface area (Å²) in [5, 5.41) is 0. The Morgan fingerprint density at radius 3 is 2.76 bits per heavy atom. The van der Waals surface area contributed by atoms with E-state index in [-0.39, 0.29) is 11.7 Å². The van der Waals surface area contributed by atoms with Gasteiger partial charge in [-0.2, -0.15) is 0 Å². The molecule has 0 unspecified atom stereocenters. The van der Waals surface area contributed by atoms with Crippen LogP contribution in [-0.4, -0.2) is 32.0 Å². The molecule has 0 bridgehead atoms. The smallest absolute Gasteiger partial charge is 0.227 e. The van der Waals surface area contributed by atoms with Crippen molar-refractivity contribution in [1.82, 2.24) is 0 Å². The van der Waals surface area contributed by atoms with E-state index >= 15 is 0 Å². The molecule has 0 spiro atoms. The van der Waals surface area contributed by atoms with Crippen molar-refractivity contribution in [3.05, 3.63) is 53.6 Å². The van der Waals surface area contributed by atoms with Crippen LogP contribution in [0, 0.1) is 0 Å². The minimum Gasteiger partial charge on any atom is -0.496 e. The third-order valence-corrected chi connectivity index (χ3v) is 4.33. The van der Waals surface area contributed by atoms with Crippen LogP contribution >= 0.6 is 0 Å². The molecule has 25 heavy (non-hydrogen) atoms. The van der Waals surface area contributed by atoms with E-state index in [1.165, 1.54) is 6.92 Å². The van der Waals surface area contributed by atoms with Crippen molar-refractivity contribution in [2.75, 3.05) is 25.2 Å². The Bertz CT molecular complexity index is 800. The Balaban J connectivity index is 1.77. The highest BCUT2D eigenvalue weighted by Gasteiger charge is 2.24. The first-order chi connectivity index (χ1) is 12.1. The van der Waals surface area contributed by atoms with Gasteiger partial charge in [0, 0.05) is 12.0 Å². The molecule has 0 atom stereocenters. The molecule has 1 aliphatic heterocycles. The van der Waals surface area contributed by atoms with E-state index in [0.717, 1.165) is 11.3 Å². The van der Waals surface area contributed by atoms with Gasteiger partial charge in [-0.1, -0.05) is 18.2 Å². The van der Waals surface area contributed by atoms with Crippen molar-refractivity contribution in [2.45, 2.75) is 19.8 Å². The molecule has 0 aliphatic carbocycles. The number of carbonyl (C=O) groups is 2. The minimum atomic E-state index is -0.0326. The summed E-state index contributed by atoms with van der Waals surface area (Å²) in [6.45, 7) is 2.45. The van der Waals surface area contributed by atoms with Crippen molar-refractivity contribution in [2.24, 2.45) is 0 Å². The van der Waals surface area contributed by atoms with Crippen LogP contribution in [0.1, 0.15) is 29.3 Å². The molecule has 2 aromatic rings. The molecule has 0 radical (unpaired) electrons. The Kier molecular flexibility index (Phi) is 5.03. The van der Waals surface area contributed by atoms with Gasteiger partial charge in [0.1, 0.15) is 18.1 Å². The molecule has 0 saturated heterocycles. The quantitative estimate of drug-likeness (QED) is 0.785. The standard InChI is InChI=1S/C20H21NO4/c1-14(22)16-7-9-19-17(13-16)21(11-12-25-19)20(23)10-8-15-5-3-4-6-18(15)24-2/h3-7,9,13H,8,10-12H2,1-2H3. The summed E-state index contributed by atoms with van der Waals surface area (Å²) in [5.41, 5.74) is 2.25. The first kappa shape index (κ1) is 17.0. The molecule has 1 amide bonds. The number of hydrogen-bond donors (Lipinski definition) is 0. The molecule has 1 aliphatic rings. The zero-order valence-corrected chi connectivity index (χ0v) is 14.5. The number of methoxy groups -OCH3 is 1. The number of hydrogen-bond acceptors (Lipinski definition) is 4. The van der Waals surface area contributed by atoms with Crippen LogP contribution in [0.25, 0.3) is 0 Å². The van der Waals surface area contributed by atoms with Crippen molar-refractivity contribution in [1.29, 1.82) is 0 Å². The topological polar surface area (TPSA) is 55.8 Å². The van der Waals surface area contributed by atoms with Crippen LogP contribution in [0.4, 0.5) is 5.69 Å². The minimum absolute atomic E-state index is 0.0103. The summed E-state index contributed by atoms with van der Waals surface area (Å²) in [5.74, 6) is 1.41. The number of aryl methyl sites for hydroxylation is 1. The molecule has 130 valence electrons. The highest BCUT2D eigenvalue weighted by molar-refractivity contribution is 5.99. The van der Waals surface area contributed by atoms with Crippen molar-refractivity contribution >= 4 is 17.4 Å². The molecular formula is C20H21NO4. The molecule has 5 nitrogen and oxygen atoms in total. The third-order valence-electron chi connectivity index (χ3n) is 4.33. The van der Waals surface area contributed by atoms with Crippen LogP contribution in [0.5, 0.6) is 11.5 Å². The lowest BCUT2D eigenvalue weighted by Crippen LogP contribution is -2.38. The van der Waals surface area contributed by atoms with Gasteiger partial charge in [0.2, 0.25) is 5.91 Å². The van der Waals surface area contributed by atoms with Crippen LogP contribution in [0.3, 0.4) is 0 Å². The van der Waals surface area contributed by atoms with E-state index in [9.17, 15) is 9.59 Å². The molecule has 2 aromatic carbocycles. The van der Waals surface area contributed by atoms with E-state index in [1.54, 1.807) is 30.2 Å². The second-order valence-corrected chi connectivity index (χ2v) is 5.94. The van der Waals surface area contributed by atoms with Crippen LogP contribution in [0.2, 0.25) is 0 Å². The van der Waals surface area contributed by atoms with Gasteiger partial charge in [-0.3, -0.25) is 9.59 Å². The summed E-state index contributed by atoms with van der Waals surface area (Å²) < 4.78 is 11.0. The predicted octanol–water partition coefficient (Wildman–Crippen LogP) is 3.26. The summed E-state index contributed by atoms with van der Waals surface area (Å²) >= 11 is 0. The zero-order chi connectivity index (χ0) is 17.8. The maximum Gasteiger partial charge on any atom is 0.227 e. The summed E-state index contributed by atoms with van der Waals surface area (Å²) in [6.07, 6.45) is 0.964. The van der Waals surface area contributed by atoms with Crippen LogP contribution in [0.15, 0.2) is 42.5 Å². The molecular weight excluding hydrogens is 318 g/mol. The number of anilines is 1. The molecule has 0 aromatic heterocycles. The maximum atomic E-state index is 12.8. The number of ether oxygens (including phenoxy) is 2. The first-order valence-corrected chi connectivity index (χ1v) is 8.30. The van der Waals surface area contributed by atoms with E-state index in [1.807, 2.05) is 24.3 Å². The largest absolute Gasteiger partial charge is 0.496 e. The Hall–Kier alpha value is -2.82. The Labute approximate surface area is 147 Å². The first-order valence-electron chi connectivity index (χ1n) is 8.30. The molecule has 0 N–H and O–H groups in total. The van der Waals surface area contributed by atoms with Gasteiger partial charge in [-0.15, -0.1) is 0 Å². The van der Waals surface area contributed by atoms with Crippen molar-refractivity contribution < 1.29 is 19.1 Å². The number of para-hydroxylation sites is 1. The lowest BCUT2D eigenvalue weighted by Gasteiger charge is -2.30. The van der Waals surface area contributed by atoms with Gasteiger partial charge in [0.25, 0.3) is 0 Å². The normalized spacial score (nSPS) is 13.0. The van der Waals surface area contributed by atoms with E-state index in [4.69, 9.17) is 9.47 Å². The van der Waals surface area contributed by atoms with Gasteiger partial charge >= 0.3 is 0 Å². The monoisotopic (exact) mass is 339 g/mol. The molecule has 3 rings (SSSR count). The number of ketones is 1. The fourth-order valence-corrected chi connectivity index (χ4v) is 2.98. The van der Waals surface area contributed by atoms with E-state index in [0.29, 0.717) is 43.0 Å². The molecule has 1 heterocycles. The van der Waals surface area contributed by atoms with Crippen molar-refractivity contribution in [3.63, 3.8) is 0 Å². The number of amides is 1. The highest BCUT2D eigenvalue weighted by Crippen LogP contribution is 2.33.